The molecule has 18 heavy (non-hydrogen) atoms. The highest BCUT2D eigenvalue weighted by Gasteiger charge is 2.28. The predicted octanol–water partition coefficient (Wildman–Crippen LogP) is 1.90. The summed E-state index contributed by atoms with van der Waals surface area (Å²) in [6.07, 6.45) is 0.986. The molecule has 1 atom stereocenters. The van der Waals surface area contributed by atoms with Gasteiger partial charge in [0.05, 0.1) is 6.54 Å². The lowest BCUT2D eigenvalue weighted by atomic mass is 10.2. The fourth-order valence-corrected chi connectivity index (χ4v) is 2.13. The Morgan fingerprint density at radius 1 is 1.39 bits per heavy atom. The molecule has 1 unspecified atom stereocenters. The molecular weight excluding hydrogens is 228 g/mol. The Morgan fingerprint density at radius 3 is 2.67 bits per heavy atom. The third-order valence-corrected chi connectivity index (χ3v) is 3.13. The highest BCUT2D eigenvalue weighted by atomic mass is 16.5. The minimum absolute atomic E-state index is 0.0558. The highest BCUT2D eigenvalue weighted by Crippen LogP contribution is 2.20. The Balaban J connectivity index is 1.90. The number of carbonyl (C=O) groups excluding carboxylic acids is 1. The highest BCUT2D eigenvalue weighted by molar-refractivity contribution is 5.78. The number of rotatable bonds is 3. The van der Waals surface area contributed by atoms with Crippen molar-refractivity contribution in [2.75, 3.05) is 18.8 Å². The van der Waals surface area contributed by atoms with Crippen LogP contribution in [0.3, 0.4) is 0 Å². The number of ether oxygens (including phenoxy) is 1. The number of hydrogen-bond acceptors (Lipinski definition) is 3. The van der Waals surface area contributed by atoms with Gasteiger partial charge in [0.1, 0.15) is 11.9 Å². The lowest BCUT2D eigenvalue weighted by Gasteiger charge is -2.19. The molecule has 1 aromatic rings. The van der Waals surface area contributed by atoms with Gasteiger partial charge in [0.25, 0.3) is 0 Å². The van der Waals surface area contributed by atoms with Gasteiger partial charge < -0.3 is 15.4 Å². The lowest BCUT2D eigenvalue weighted by molar-refractivity contribution is -0.133. The number of amides is 1. The van der Waals surface area contributed by atoms with Crippen LogP contribution in [0.25, 0.3) is 0 Å². The molecule has 1 amide bonds. The molecule has 0 aromatic heterocycles. The van der Waals surface area contributed by atoms with Crippen molar-refractivity contribution in [2.24, 2.45) is 5.92 Å². The Morgan fingerprint density at radius 2 is 2.06 bits per heavy atom. The summed E-state index contributed by atoms with van der Waals surface area (Å²) in [4.78, 5) is 13.7. The summed E-state index contributed by atoms with van der Waals surface area (Å²) in [7, 11) is 0. The molecule has 0 bridgehead atoms. The molecule has 2 rings (SSSR count). The smallest absolute Gasteiger partial charge is 0.225 e. The standard InChI is InChI=1S/C14H20N2O2/c1-10(2)14(17)16-8-7-13(9-16)18-12-5-3-11(15)4-6-12/h3-6,10,13H,7-9,15H2,1-2H3. The van der Waals surface area contributed by atoms with Gasteiger partial charge in [-0.2, -0.15) is 0 Å². The monoisotopic (exact) mass is 248 g/mol. The van der Waals surface area contributed by atoms with E-state index in [-0.39, 0.29) is 17.9 Å². The number of nitrogens with two attached hydrogens (primary N) is 1. The average molecular weight is 248 g/mol. The molecule has 4 nitrogen and oxygen atoms in total. The fraction of sp³-hybridized carbons (Fsp3) is 0.500. The van der Waals surface area contributed by atoms with Crippen molar-refractivity contribution in [1.29, 1.82) is 0 Å². The molecule has 0 spiro atoms. The number of carbonyl (C=O) groups is 1. The van der Waals surface area contributed by atoms with E-state index in [1.807, 2.05) is 43.0 Å². The lowest BCUT2D eigenvalue weighted by Crippen LogP contribution is -2.33. The third kappa shape index (κ3) is 2.94. The molecular formula is C14H20N2O2. The molecule has 4 heteroatoms. The van der Waals surface area contributed by atoms with Crippen LogP contribution in [0, 0.1) is 5.92 Å². The van der Waals surface area contributed by atoms with Crippen molar-refractivity contribution in [1.82, 2.24) is 4.90 Å². The van der Waals surface area contributed by atoms with Crippen LogP contribution < -0.4 is 10.5 Å². The largest absolute Gasteiger partial charge is 0.489 e. The Hall–Kier alpha value is -1.71. The normalized spacial score (nSPS) is 19.3. The molecule has 1 saturated heterocycles. The van der Waals surface area contributed by atoms with Crippen LogP contribution in [0.4, 0.5) is 5.69 Å². The Labute approximate surface area is 108 Å². The van der Waals surface area contributed by atoms with Gasteiger partial charge in [-0.3, -0.25) is 4.79 Å². The van der Waals surface area contributed by atoms with E-state index in [1.54, 1.807) is 0 Å². The van der Waals surface area contributed by atoms with Crippen molar-refractivity contribution in [2.45, 2.75) is 26.4 Å². The molecule has 2 N–H and O–H groups in total. The first-order valence-electron chi connectivity index (χ1n) is 6.37. The maximum atomic E-state index is 11.8. The van der Waals surface area contributed by atoms with Gasteiger partial charge in [-0.15, -0.1) is 0 Å². The molecule has 1 heterocycles. The summed E-state index contributed by atoms with van der Waals surface area (Å²) in [5, 5.41) is 0. The number of likely N-dealkylation sites (tertiary alicyclic amines) is 1. The maximum Gasteiger partial charge on any atom is 0.225 e. The van der Waals surface area contributed by atoms with Crippen LogP contribution in [0.15, 0.2) is 24.3 Å². The van der Waals surface area contributed by atoms with Crippen LogP contribution in [0.2, 0.25) is 0 Å². The zero-order valence-electron chi connectivity index (χ0n) is 10.9. The summed E-state index contributed by atoms with van der Waals surface area (Å²) >= 11 is 0. The van der Waals surface area contributed by atoms with Crippen molar-refractivity contribution in [3.8, 4) is 5.75 Å². The topological polar surface area (TPSA) is 55.6 Å². The van der Waals surface area contributed by atoms with Crippen LogP contribution in [0.5, 0.6) is 5.75 Å². The van der Waals surface area contributed by atoms with E-state index in [0.717, 1.165) is 24.4 Å². The SMILES string of the molecule is CC(C)C(=O)N1CCC(Oc2ccc(N)cc2)C1. The number of hydrogen-bond donors (Lipinski definition) is 1. The molecule has 0 aliphatic carbocycles. The molecule has 1 aliphatic heterocycles. The first-order valence-corrected chi connectivity index (χ1v) is 6.37. The summed E-state index contributed by atoms with van der Waals surface area (Å²) < 4.78 is 5.84. The number of nitrogens with zero attached hydrogens (tertiary/aromatic N) is 1. The van der Waals surface area contributed by atoms with Gasteiger partial charge in [0.15, 0.2) is 0 Å². The molecule has 1 aliphatic rings. The van der Waals surface area contributed by atoms with Crippen LogP contribution in [-0.4, -0.2) is 30.0 Å². The first kappa shape index (κ1) is 12.7. The number of benzene rings is 1. The maximum absolute atomic E-state index is 11.8. The second-order valence-electron chi connectivity index (χ2n) is 5.04. The van der Waals surface area contributed by atoms with Crippen LogP contribution in [0.1, 0.15) is 20.3 Å². The minimum Gasteiger partial charge on any atom is -0.489 e. The average Bonchev–Trinajstić information content (AvgIpc) is 2.79. The molecule has 98 valence electrons. The van der Waals surface area contributed by atoms with E-state index >= 15 is 0 Å². The van der Waals surface area contributed by atoms with E-state index in [1.165, 1.54) is 0 Å². The predicted molar refractivity (Wildman–Crippen MR) is 71.3 cm³/mol. The van der Waals surface area contributed by atoms with Gasteiger partial charge >= 0.3 is 0 Å². The van der Waals surface area contributed by atoms with Crippen LogP contribution >= 0.6 is 0 Å². The van der Waals surface area contributed by atoms with Gasteiger partial charge in [0.2, 0.25) is 5.91 Å². The second kappa shape index (κ2) is 5.29. The Kier molecular flexibility index (Phi) is 3.75. The summed E-state index contributed by atoms with van der Waals surface area (Å²) in [6, 6.07) is 7.37. The van der Waals surface area contributed by atoms with Crippen molar-refractivity contribution < 1.29 is 9.53 Å². The van der Waals surface area contributed by atoms with E-state index in [0.29, 0.717) is 6.54 Å². The summed E-state index contributed by atoms with van der Waals surface area (Å²) in [5.41, 5.74) is 6.35. The van der Waals surface area contributed by atoms with Gasteiger partial charge in [-0.25, -0.2) is 0 Å². The molecule has 0 saturated carbocycles. The molecule has 1 fully saturated rings. The fourth-order valence-electron chi connectivity index (χ4n) is 2.13. The first-order chi connectivity index (χ1) is 8.56. The van der Waals surface area contributed by atoms with Crippen LogP contribution in [-0.2, 0) is 4.79 Å². The number of nitrogen functional groups attached to an aromatic ring is 1. The van der Waals surface area contributed by atoms with Crippen molar-refractivity contribution >= 4 is 11.6 Å². The van der Waals surface area contributed by atoms with Crippen molar-refractivity contribution in [3.63, 3.8) is 0 Å². The van der Waals surface area contributed by atoms with Gasteiger partial charge in [-0.1, -0.05) is 13.8 Å². The zero-order valence-corrected chi connectivity index (χ0v) is 10.9. The minimum atomic E-state index is 0.0558. The van der Waals surface area contributed by atoms with E-state index < -0.39 is 0 Å². The number of anilines is 1. The third-order valence-electron chi connectivity index (χ3n) is 3.13. The van der Waals surface area contributed by atoms with E-state index in [2.05, 4.69) is 0 Å². The van der Waals surface area contributed by atoms with Gasteiger partial charge in [0, 0.05) is 24.6 Å². The van der Waals surface area contributed by atoms with Gasteiger partial charge in [-0.05, 0) is 24.3 Å². The van der Waals surface area contributed by atoms with Crippen molar-refractivity contribution in [3.05, 3.63) is 24.3 Å². The second-order valence-corrected chi connectivity index (χ2v) is 5.04. The molecule has 1 aromatic carbocycles. The van der Waals surface area contributed by atoms with E-state index in [4.69, 9.17) is 10.5 Å². The Bertz CT molecular complexity index is 414. The zero-order chi connectivity index (χ0) is 13.1. The summed E-state index contributed by atoms with van der Waals surface area (Å²) in [6.45, 7) is 5.32. The quantitative estimate of drug-likeness (QED) is 0.831. The molecule has 0 radical (unpaired) electrons. The van der Waals surface area contributed by atoms with E-state index in [9.17, 15) is 4.79 Å². The summed E-state index contributed by atoms with van der Waals surface area (Å²) in [5.74, 6) is 1.08.